The van der Waals surface area contributed by atoms with Crippen LogP contribution in [0, 0.1) is 12.1 Å². The van der Waals surface area contributed by atoms with Gasteiger partial charge in [-0.2, -0.15) is 13.2 Å². The van der Waals surface area contributed by atoms with Gasteiger partial charge in [0.25, 0.3) is 0 Å². The van der Waals surface area contributed by atoms with Gasteiger partial charge < -0.3 is 19.6 Å². The zero-order chi connectivity index (χ0) is 39.3. The smallest absolute Gasteiger partial charge is 0.477 e. The molecule has 10 heteroatoms. The predicted octanol–water partition coefficient (Wildman–Crippen LogP) is 13.3. The van der Waals surface area contributed by atoms with Crippen LogP contribution in [0.4, 0.5) is 13.2 Å². The second-order valence-electron chi connectivity index (χ2n) is 14.6. The van der Waals surface area contributed by atoms with Gasteiger partial charge in [-0.1, -0.05) is 125 Å². The first-order chi connectivity index (χ1) is 25.3. The summed E-state index contributed by atoms with van der Waals surface area (Å²) >= 11 is 3.56. The molecule has 0 unspecified atom stereocenters. The topological polar surface area (TPSA) is 68.7 Å². The molecule has 0 atom stereocenters. The molecule has 6 aromatic rings. The third kappa shape index (κ3) is 12.2. The van der Waals surface area contributed by atoms with Crippen LogP contribution in [0.1, 0.15) is 52.7 Å². The molecule has 0 spiro atoms. The molecular weight excluding hydrogens is 952 g/mol. The van der Waals surface area contributed by atoms with Crippen LogP contribution in [0.15, 0.2) is 126 Å². The van der Waals surface area contributed by atoms with Crippen molar-refractivity contribution in [3.8, 4) is 56.6 Å². The van der Waals surface area contributed by atoms with Gasteiger partial charge in [-0.3, -0.25) is 0 Å². The number of halogens is 4. The van der Waals surface area contributed by atoms with Gasteiger partial charge in [-0.15, -0.1) is 57.4 Å². The summed E-state index contributed by atoms with van der Waals surface area (Å²) in [4.78, 5) is 14.1. The number of carbonyl (C=O) groups is 1. The molecule has 5 aromatic carbocycles. The van der Waals surface area contributed by atoms with E-state index in [1.165, 1.54) is 11.1 Å². The molecule has 55 heavy (non-hydrogen) atoms. The molecule has 1 radical (unpaired) electrons. The number of alkyl halides is 3. The quantitative estimate of drug-likeness (QED) is 0.127. The standard InChI is InChI=1S/C43H38BrNO2.C2HF3O2.Au/c1-42(2,3)33-21-30(22-34(27-33)43(4,5)6)31-25-40(29-17-19-35(44)20-18-29)45-41(26-31)32-23-38(46-36-13-9-7-10-14-36)28-39(24-32)47-37-15-11-8-12-16-37;3-2(4,5)1(6)7;/h7-17,19-23,25-28H,1-6H3;(H,6,7);/q-2;;. The zero-order valence-electron chi connectivity index (χ0n) is 31.0. The van der Waals surface area contributed by atoms with Crippen molar-refractivity contribution in [3.63, 3.8) is 0 Å². The van der Waals surface area contributed by atoms with Crippen molar-refractivity contribution in [2.24, 2.45) is 0 Å². The summed E-state index contributed by atoms with van der Waals surface area (Å²) < 4.78 is 45.3. The van der Waals surface area contributed by atoms with E-state index in [1.807, 2.05) is 91.0 Å². The number of carboxylic acid groups (broad SMARTS) is 1. The Morgan fingerprint density at radius 3 is 1.62 bits per heavy atom. The normalized spacial score (nSPS) is 11.5. The van der Waals surface area contributed by atoms with Crippen LogP contribution in [-0.2, 0) is 38.0 Å². The second kappa shape index (κ2) is 17.9. The molecule has 0 saturated carbocycles. The van der Waals surface area contributed by atoms with E-state index in [1.54, 1.807) is 0 Å². The van der Waals surface area contributed by atoms with Crippen molar-refractivity contribution < 1.29 is 54.9 Å². The number of aliphatic carboxylic acids is 1. The van der Waals surface area contributed by atoms with E-state index in [2.05, 4.69) is 99.9 Å². The van der Waals surface area contributed by atoms with Gasteiger partial charge in [0.15, 0.2) is 0 Å². The number of carboxylic acids is 1. The first-order valence-corrected chi connectivity index (χ1v) is 17.8. The molecule has 1 aromatic heterocycles. The molecule has 0 aliphatic heterocycles. The number of para-hydroxylation sites is 2. The summed E-state index contributed by atoms with van der Waals surface area (Å²) in [5, 5.41) is 7.12. The van der Waals surface area contributed by atoms with E-state index >= 15 is 0 Å². The average Bonchev–Trinajstić information content (AvgIpc) is 3.11. The Balaban J connectivity index is 0.000000768. The van der Waals surface area contributed by atoms with Crippen LogP contribution in [-0.4, -0.2) is 22.2 Å². The Kier molecular flexibility index (Phi) is 14.0. The maximum absolute atomic E-state index is 10.6. The number of benzene rings is 5. The van der Waals surface area contributed by atoms with Crippen LogP contribution >= 0.6 is 15.9 Å². The maximum Gasteiger partial charge on any atom is 0.490 e. The Hall–Kier alpha value is -4.67. The zero-order valence-corrected chi connectivity index (χ0v) is 34.7. The SMILES string of the molecule is CC(C)(C)c1cc(-c2cc(-c3[c-]cc(Br)cc3)nc(-c3[c-]c(Oc4ccccc4)cc(Oc4ccccc4)c3)c2)cc(C(C)(C)C)c1.O=C(O)C(F)(F)F.[Au]. The summed E-state index contributed by atoms with van der Waals surface area (Å²) in [6.07, 6.45) is -5.08. The van der Waals surface area contributed by atoms with Crippen LogP contribution in [0.3, 0.4) is 0 Å². The van der Waals surface area contributed by atoms with Gasteiger partial charge >= 0.3 is 12.1 Å². The molecule has 0 fully saturated rings. The molecular formula is C45H39AuBrF3NO4-2. The minimum Gasteiger partial charge on any atom is -0.477 e. The monoisotopic (exact) mass is 990 g/mol. The van der Waals surface area contributed by atoms with Crippen LogP contribution in [0.2, 0.25) is 0 Å². The Morgan fingerprint density at radius 2 is 1.15 bits per heavy atom. The van der Waals surface area contributed by atoms with E-state index in [9.17, 15) is 13.2 Å². The van der Waals surface area contributed by atoms with E-state index in [0.717, 1.165) is 43.9 Å². The van der Waals surface area contributed by atoms with Gasteiger partial charge in [-0.05, 0) is 68.7 Å². The molecule has 0 bridgehead atoms. The third-order valence-electron chi connectivity index (χ3n) is 8.16. The largest absolute Gasteiger partial charge is 0.490 e. The molecule has 289 valence electrons. The van der Waals surface area contributed by atoms with E-state index < -0.39 is 12.1 Å². The summed E-state index contributed by atoms with van der Waals surface area (Å²) in [6, 6.07) is 47.4. The van der Waals surface area contributed by atoms with Gasteiger partial charge in [-0.25, -0.2) is 4.79 Å². The number of hydrogen-bond donors (Lipinski definition) is 1. The fraction of sp³-hybridized carbons (Fsp3) is 0.200. The van der Waals surface area contributed by atoms with Crippen molar-refractivity contribution in [2.75, 3.05) is 0 Å². The third-order valence-corrected chi connectivity index (χ3v) is 8.65. The van der Waals surface area contributed by atoms with Crippen molar-refractivity contribution in [2.45, 2.75) is 58.5 Å². The summed E-state index contributed by atoms with van der Waals surface area (Å²) in [6.45, 7) is 13.6. The molecule has 0 aliphatic carbocycles. The van der Waals surface area contributed by atoms with Gasteiger partial charge in [0, 0.05) is 28.1 Å². The Labute approximate surface area is 344 Å². The van der Waals surface area contributed by atoms with Gasteiger partial charge in [0.1, 0.15) is 11.5 Å². The van der Waals surface area contributed by atoms with Gasteiger partial charge in [0.2, 0.25) is 0 Å². The molecule has 0 aliphatic rings. The van der Waals surface area contributed by atoms with Crippen molar-refractivity contribution in [1.82, 2.24) is 4.98 Å². The number of nitrogens with zero attached hydrogens (tertiary/aromatic N) is 1. The Morgan fingerprint density at radius 1 is 0.655 bits per heavy atom. The van der Waals surface area contributed by atoms with E-state index in [4.69, 9.17) is 24.4 Å². The van der Waals surface area contributed by atoms with Gasteiger partial charge in [0.05, 0.1) is 5.75 Å². The fourth-order valence-corrected chi connectivity index (χ4v) is 5.46. The van der Waals surface area contributed by atoms with Crippen molar-refractivity contribution in [3.05, 3.63) is 149 Å². The first-order valence-electron chi connectivity index (χ1n) is 17.0. The van der Waals surface area contributed by atoms with E-state index in [-0.39, 0.29) is 33.2 Å². The number of aromatic nitrogens is 1. The summed E-state index contributed by atoms with van der Waals surface area (Å²) in [7, 11) is 0. The Bertz CT molecular complexity index is 2120. The second-order valence-corrected chi connectivity index (χ2v) is 15.5. The van der Waals surface area contributed by atoms with Crippen LogP contribution < -0.4 is 9.47 Å². The number of ether oxygens (including phenoxy) is 2. The minimum atomic E-state index is -5.08. The number of pyridine rings is 1. The van der Waals surface area contributed by atoms with Crippen molar-refractivity contribution in [1.29, 1.82) is 0 Å². The molecule has 0 amide bonds. The minimum absolute atomic E-state index is 0. The average molecular weight is 992 g/mol. The first kappa shape index (κ1) is 43.1. The molecule has 1 N–H and O–H groups in total. The molecule has 5 nitrogen and oxygen atoms in total. The fourth-order valence-electron chi connectivity index (χ4n) is 5.21. The predicted molar refractivity (Wildman–Crippen MR) is 210 cm³/mol. The molecule has 0 saturated heterocycles. The van der Waals surface area contributed by atoms with E-state index in [0.29, 0.717) is 17.2 Å². The van der Waals surface area contributed by atoms with Crippen molar-refractivity contribution >= 4 is 21.9 Å². The number of rotatable bonds is 7. The molecule has 6 rings (SSSR count). The summed E-state index contributed by atoms with van der Waals surface area (Å²) in [5.74, 6) is -0.145. The van der Waals surface area contributed by atoms with Crippen LogP contribution in [0.5, 0.6) is 23.0 Å². The number of hydrogen-bond acceptors (Lipinski definition) is 4. The molecule has 1 heterocycles. The van der Waals surface area contributed by atoms with Crippen LogP contribution in [0.25, 0.3) is 33.6 Å². The summed E-state index contributed by atoms with van der Waals surface area (Å²) in [5.41, 5.74) is 7.97. The maximum atomic E-state index is 10.6.